The first-order valence-corrected chi connectivity index (χ1v) is 10.6. The molecule has 9 nitrogen and oxygen atoms in total. The van der Waals surface area contributed by atoms with Crippen LogP contribution in [0.5, 0.6) is 0 Å². The Morgan fingerprint density at radius 3 is 2.48 bits per heavy atom. The zero-order valence-corrected chi connectivity index (χ0v) is 18.2. The van der Waals surface area contributed by atoms with E-state index in [1.54, 1.807) is 30.2 Å². The van der Waals surface area contributed by atoms with Crippen LogP contribution in [-0.4, -0.2) is 97.9 Å². The summed E-state index contributed by atoms with van der Waals surface area (Å²) in [5, 5.41) is 2.86. The molecular formula is C22H30N4O5. The van der Waals surface area contributed by atoms with Gasteiger partial charge in [-0.1, -0.05) is 11.6 Å². The van der Waals surface area contributed by atoms with E-state index in [9.17, 15) is 19.2 Å². The van der Waals surface area contributed by atoms with Crippen molar-refractivity contribution >= 4 is 23.6 Å². The number of fused-ring (bicyclic) bond motifs is 1. The predicted octanol–water partition coefficient (Wildman–Crippen LogP) is 0.278. The van der Waals surface area contributed by atoms with Crippen LogP contribution in [0.2, 0.25) is 0 Å². The molecule has 0 unspecified atom stereocenters. The van der Waals surface area contributed by atoms with E-state index in [2.05, 4.69) is 5.32 Å². The van der Waals surface area contributed by atoms with Gasteiger partial charge in [0.2, 0.25) is 11.8 Å². The van der Waals surface area contributed by atoms with Crippen LogP contribution >= 0.6 is 0 Å². The molecule has 0 spiro atoms. The van der Waals surface area contributed by atoms with E-state index in [0.717, 1.165) is 16.9 Å². The average molecular weight is 431 g/mol. The van der Waals surface area contributed by atoms with Crippen molar-refractivity contribution in [2.24, 2.45) is 0 Å². The molecule has 2 heterocycles. The molecule has 4 amide bonds. The van der Waals surface area contributed by atoms with Crippen molar-refractivity contribution in [2.75, 3.05) is 59.5 Å². The van der Waals surface area contributed by atoms with Gasteiger partial charge in [0.25, 0.3) is 11.8 Å². The summed E-state index contributed by atoms with van der Waals surface area (Å²) in [7, 11) is 1.63. The smallest absolute Gasteiger partial charge is 0.261 e. The summed E-state index contributed by atoms with van der Waals surface area (Å²) in [5.41, 5.74) is 1.73. The topological polar surface area (TPSA) is 99.3 Å². The van der Waals surface area contributed by atoms with E-state index in [1.165, 1.54) is 0 Å². The number of piperazine rings is 1. The van der Waals surface area contributed by atoms with Crippen molar-refractivity contribution in [3.63, 3.8) is 0 Å². The van der Waals surface area contributed by atoms with Crippen molar-refractivity contribution in [1.29, 1.82) is 0 Å². The van der Waals surface area contributed by atoms with E-state index < -0.39 is 0 Å². The molecule has 1 N–H and O–H groups in total. The SMILES string of the molecule is COCCCNC(=O)CN1CCN(C(=O)CCN2C(=O)c3ccc(C)cc3C2=O)CC1. The van der Waals surface area contributed by atoms with Gasteiger partial charge in [0.05, 0.1) is 17.7 Å². The highest BCUT2D eigenvalue weighted by molar-refractivity contribution is 6.21. The fourth-order valence-corrected chi connectivity index (χ4v) is 3.83. The molecule has 0 bridgehead atoms. The second-order valence-electron chi connectivity index (χ2n) is 7.91. The van der Waals surface area contributed by atoms with Crippen molar-refractivity contribution in [3.05, 3.63) is 34.9 Å². The second kappa shape index (κ2) is 10.5. The largest absolute Gasteiger partial charge is 0.385 e. The number of hydrogen-bond acceptors (Lipinski definition) is 6. The highest BCUT2D eigenvalue weighted by atomic mass is 16.5. The molecule has 0 aliphatic carbocycles. The van der Waals surface area contributed by atoms with Crippen molar-refractivity contribution in [2.45, 2.75) is 19.8 Å². The van der Waals surface area contributed by atoms with Crippen LogP contribution in [0.4, 0.5) is 0 Å². The number of amides is 4. The first kappa shape index (κ1) is 22.9. The Bertz CT molecular complexity index is 848. The Labute approximate surface area is 182 Å². The number of carbonyl (C=O) groups is 4. The Balaban J connectivity index is 1.40. The Morgan fingerprint density at radius 1 is 1.06 bits per heavy atom. The average Bonchev–Trinajstić information content (AvgIpc) is 2.99. The minimum absolute atomic E-state index is 0.0308. The molecule has 0 saturated carbocycles. The number of methoxy groups -OCH3 is 1. The standard InChI is InChI=1S/C22H30N4O5/c1-16-4-5-17-18(14-16)22(30)26(21(17)29)8-6-20(28)25-11-9-24(10-12-25)15-19(27)23-7-3-13-31-2/h4-5,14H,3,6-13,15H2,1-2H3,(H,23,27). The molecule has 31 heavy (non-hydrogen) atoms. The monoisotopic (exact) mass is 430 g/mol. The fraction of sp³-hybridized carbons (Fsp3) is 0.545. The Kier molecular flexibility index (Phi) is 7.75. The molecule has 2 aliphatic heterocycles. The lowest BCUT2D eigenvalue weighted by molar-refractivity contribution is -0.133. The lowest BCUT2D eigenvalue weighted by Gasteiger charge is -2.34. The highest BCUT2D eigenvalue weighted by Gasteiger charge is 2.35. The van der Waals surface area contributed by atoms with E-state index in [1.807, 2.05) is 11.8 Å². The Morgan fingerprint density at radius 2 is 1.77 bits per heavy atom. The summed E-state index contributed by atoms with van der Waals surface area (Å²) in [4.78, 5) is 54.5. The molecule has 168 valence electrons. The third kappa shape index (κ3) is 5.68. The summed E-state index contributed by atoms with van der Waals surface area (Å²) in [6, 6.07) is 5.18. The van der Waals surface area contributed by atoms with E-state index in [0.29, 0.717) is 57.0 Å². The maximum Gasteiger partial charge on any atom is 0.261 e. The van der Waals surface area contributed by atoms with E-state index in [-0.39, 0.29) is 36.6 Å². The van der Waals surface area contributed by atoms with Crippen LogP contribution in [0, 0.1) is 6.92 Å². The molecule has 0 aromatic heterocycles. The number of imide groups is 1. The predicted molar refractivity (Wildman–Crippen MR) is 114 cm³/mol. The van der Waals surface area contributed by atoms with Gasteiger partial charge >= 0.3 is 0 Å². The highest BCUT2D eigenvalue weighted by Crippen LogP contribution is 2.24. The summed E-state index contributed by atoms with van der Waals surface area (Å²) >= 11 is 0. The van der Waals surface area contributed by atoms with Gasteiger partial charge < -0.3 is 15.0 Å². The number of nitrogens with one attached hydrogen (secondary N) is 1. The number of rotatable bonds is 9. The molecule has 0 atom stereocenters. The van der Waals surface area contributed by atoms with Gasteiger partial charge in [0, 0.05) is 59.4 Å². The van der Waals surface area contributed by atoms with Crippen LogP contribution in [0.15, 0.2) is 18.2 Å². The normalized spacial score (nSPS) is 16.6. The zero-order valence-electron chi connectivity index (χ0n) is 18.2. The molecule has 1 saturated heterocycles. The summed E-state index contributed by atoms with van der Waals surface area (Å²) in [5.74, 6) is -0.792. The quantitative estimate of drug-likeness (QED) is 0.446. The molecule has 3 rings (SSSR count). The van der Waals surface area contributed by atoms with Gasteiger partial charge in [0.1, 0.15) is 0 Å². The number of hydrogen-bond donors (Lipinski definition) is 1. The van der Waals surface area contributed by atoms with Gasteiger partial charge in [-0.15, -0.1) is 0 Å². The van der Waals surface area contributed by atoms with Crippen LogP contribution in [0.1, 0.15) is 39.1 Å². The van der Waals surface area contributed by atoms with Crippen molar-refractivity contribution in [1.82, 2.24) is 20.0 Å². The molecule has 0 radical (unpaired) electrons. The first-order valence-electron chi connectivity index (χ1n) is 10.6. The minimum Gasteiger partial charge on any atom is -0.385 e. The number of ether oxygens (including phenoxy) is 1. The maximum atomic E-state index is 12.6. The number of nitrogens with zero attached hydrogens (tertiary/aromatic N) is 3. The summed E-state index contributed by atoms with van der Waals surface area (Å²) in [6.07, 6.45) is 0.877. The van der Waals surface area contributed by atoms with Gasteiger partial charge in [-0.2, -0.15) is 0 Å². The summed E-state index contributed by atoms with van der Waals surface area (Å²) in [6.45, 7) is 5.73. The number of carbonyl (C=O) groups excluding carboxylic acids is 4. The van der Waals surface area contributed by atoms with Gasteiger partial charge in [-0.05, 0) is 25.5 Å². The molecule has 1 aromatic carbocycles. The molecular weight excluding hydrogens is 400 g/mol. The first-order chi connectivity index (χ1) is 14.9. The van der Waals surface area contributed by atoms with Crippen molar-refractivity contribution in [3.8, 4) is 0 Å². The minimum atomic E-state index is -0.339. The van der Waals surface area contributed by atoms with E-state index in [4.69, 9.17) is 4.74 Å². The zero-order chi connectivity index (χ0) is 22.4. The van der Waals surface area contributed by atoms with E-state index >= 15 is 0 Å². The molecule has 9 heteroatoms. The third-order valence-corrected chi connectivity index (χ3v) is 5.62. The molecule has 1 aromatic rings. The Hall–Kier alpha value is -2.78. The fourth-order valence-electron chi connectivity index (χ4n) is 3.83. The second-order valence-corrected chi connectivity index (χ2v) is 7.91. The van der Waals surface area contributed by atoms with Crippen LogP contribution in [-0.2, 0) is 14.3 Å². The van der Waals surface area contributed by atoms with Gasteiger partial charge in [-0.25, -0.2) is 0 Å². The van der Waals surface area contributed by atoms with Crippen LogP contribution in [0.25, 0.3) is 0 Å². The van der Waals surface area contributed by atoms with Crippen LogP contribution < -0.4 is 5.32 Å². The number of benzene rings is 1. The summed E-state index contributed by atoms with van der Waals surface area (Å²) < 4.78 is 4.95. The lowest BCUT2D eigenvalue weighted by atomic mass is 10.1. The molecule has 1 fully saturated rings. The third-order valence-electron chi connectivity index (χ3n) is 5.62. The van der Waals surface area contributed by atoms with Crippen LogP contribution in [0.3, 0.4) is 0 Å². The van der Waals surface area contributed by atoms with Gasteiger partial charge in [0.15, 0.2) is 0 Å². The maximum absolute atomic E-state index is 12.6. The van der Waals surface area contributed by atoms with Crippen molar-refractivity contribution < 1.29 is 23.9 Å². The lowest BCUT2D eigenvalue weighted by Crippen LogP contribution is -2.51. The number of aryl methyl sites for hydroxylation is 1. The van der Waals surface area contributed by atoms with Gasteiger partial charge in [-0.3, -0.25) is 29.0 Å². The molecule has 2 aliphatic rings.